The van der Waals surface area contributed by atoms with Gasteiger partial charge in [0.1, 0.15) is 18.1 Å². The van der Waals surface area contributed by atoms with Crippen molar-refractivity contribution in [2.75, 3.05) is 13.2 Å². The third kappa shape index (κ3) is 3.93. The highest BCUT2D eigenvalue weighted by Crippen LogP contribution is 2.31. The molecule has 0 saturated carbocycles. The molecule has 0 spiro atoms. The largest absolute Gasteiger partial charge is 0.491 e. The van der Waals surface area contributed by atoms with E-state index in [2.05, 4.69) is 10.1 Å². The number of aryl methyl sites for hydroxylation is 1. The molecule has 0 bridgehead atoms. The second-order valence-electron chi connectivity index (χ2n) is 7.06. The predicted molar refractivity (Wildman–Crippen MR) is 105 cm³/mol. The van der Waals surface area contributed by atoms with Gasteiger partial charge in [0.25, 0.3) is 5.91 Å². The van der Waals surface area contributed by atoms with Crippen LogP contribution >= 0.6 is 11.3 Å². The lowest BCUT2D eigenvalue weighted by molar-refractivity contribution is 0.0419. The number of ether oxygens (including phenoxy) is 1. The quantitative estimate of drug-likeness (QED) is 0.715. The average Bonchev–Trinajstić information content (AvgIpc) is 3.36. The minimum Gasteiger partial charge on any atom is -0.491 e. The molecule has 0 saturated heterocycles. The molecule has 1 aliphatic heterocycles. The van der Waals surface area contributed by atoms with Gasteiger partial charge in [0.05, 0.1) is 17.7 Å². The Morgan fingerprint density at radius 1 is 1.43 bits per heavy atom. The number of carbonyl (C=O) groups excluding carboxylic acids is 1. The van der Waals surface area contributed by atoms with Crippen LogP contribution in [0, 0.1) is 0 Å². The number of aliphatic hydroxyl groups is 1. The van der Waals surface area contributed by atoms with Crippen molar-refractivity contribution in [2.24, 2.45) is 0 Å². The first kappa shape index (κ1) is 18.6. The summed E-state index contributed by atoms with van der Waals surface area (Å²) in [6.45, 7) is 3.76. The molecule has 0 radical (unpaired) electrons. The maximum atomic E-state index is 12.7. The summed E-state index contributed by atoms with van der Waals surface area (Å²) in [5, 5.41) is 17.0. The van der Waals surface area contributed by atoms with Gasteiger partial charge in [-0.3, -0.25) is 9.48 Å². The van der Waals surface area contributed by atoms with Gasteiger partial charge in [-0.1, -0.05) is 6.07 Å². The molecule has 3 aromatic rings. The van der Waals surface area contributed by atoms with Crippen molar-refractivity contribution in [3.05, 3.63) is 64.4 Å². The lowest BCUT2D eigenvalue weighted by Crippen LogP contribution is -2.32. The van der Waals surface area contributed by atoms with Gasteiger partial charge in [-0.25, -0.2) is 4.98 Å². The summed E-state index contributed by atoms with van der Waals surface area (Å²) in [6.07, 6.45) is 4.13. The monoisotopic (exact) mass is 398 g/mol. The van der Waals surface area contributed by atoms with Crippen molar-refractivity contribution in [1.29, 1.82) is 0 Å². The summed E-state index contributed by atoms with van der Waals surface area (Å²) in [5.41, 5.74) is 2.78. The topological polar surface area (TPSA) is 80.5 Å². The molecule has 2 aromatic heterocycles. The lowest BCUT2D eigenvalue weighted by atomic mass is 9.91. The van der Waals surface area contributed by atoms with Crippen LogP contribution in [0.1, 0.15) is 35.0 Å². The van der Waals surface area contributed by atoms with Gasteiger partial charge in [0.15, 0.2) is 0 Å². The van der Waals surface area contributed by atoms with E-state index in [0.717, 1.165) is 16.9 Å². The number of nitrogens with zero attached hydrogens (tertiary/aromatic N) is 4. The number of carbonyl (C=O) groups is 1. The predicted octanol–water partition coefficient (Wildman–Crippen LogP) is 2.67. The Morgan fingerprint density at radius 3 is 3.07 bits per heavy atom. The van der Waals surface area contributed by atoms with E-state index in [0.29, 0.717) is 38.4 Å². The smallest absolute Gasteiger partial charge is 0.273 e. The number of benzene rings is 1. The molecular formula is C20H22N4O3S. The van der Waals surface area contributed by atoms with Crippen LogP contribution in [0.4, 0.5) is 0 Å². The Kier molecular flexibility index (Phi) is 5.15. The maximum Gasteiger partial charge on any atom is 0.273 e. The number of amides is 1. The highest BCUT2D eigenvalue weighted by atomic mass is 32.1. The van der Waals surface area contributed by atoms with E-state index in [9.17, 15) is 9.90 Å². The van der Waals surface area contributed by atoms with Crippen LogP contribution in [0.5, 0.6) is 5.75 Å². The molecule has 1 N–H and O–H groups in total. The van der Waals surface area contributed by atoms with Crippen molar-refractivity contribution in [3.63, 3.8) is 0 Å². The van der Waals surface area contributed by atoms with Crippen LogP contribution in [0.2, 0.25) is 0 Å². The number of hydrogen-bond donors (Lipinski definition) is 1. The zero-order valence-corrected chi connectivity index (χ0v) is 16.4. The Morgan fingerprint density at radius 2 is 2.32 bits per heavy atom. The molecule has 146 valence electrons. The molecule has 1 atom stereocenters. The molecule has 7 nitrogen and oxygen atoms in total. The molecule has 1 aliphatic rings. The first-order chi connectivity index (χ1) is 13.5. The van der Waals surface area contributed by atoms with Crippen LogP contribution in [-0.2, 0) is 18.7 Å². The zero-order valence-electron chi connectivity index (χ0n) is 15.6. The highest BCUT2D eigenvalue weighted by molar-refractivity contribution is 7.07. The Bertz CT molecular complexity index is 939. The number of thiazole rings is 1. The first-order valence-corrected chi connectivity index (χ1v) is 10.1. The molecule has 3 heterocycles. The second kappa shape index (κ2) is 7.73. The van der Waals surface area contributed by atoms with Gasteiger partial charge in [-0.2, -0.15) is 5.10 Å². The van der Waals surface area contributed by atoms with Gasteiger partial charge in [0, 0.05) is 36.4 Å². The summed E-state index contributed by atoms with van der Waals surface area (Å²) >= 11 is 1.40. The Hall–Kier alpha value is -2.71. The van der Waals surface area contributed by atoms with Gasteiger partial charge < -0.3 is 14.7 Å². The first-order valence-electron chi connectivity index (χ1n) is 9.16. The second-order valence-corrected chi connectivity index (χ2v) is 7.78. The number of rotatable bonds is 5. The molecule has 1 unspecified atom stereocenters. The van der Waals surface area contributed by atoms with Gasteiger partial charge >= 0.3 is 0 Å². The molecule has 1 aromatic carbocycles. The molecular weight excluding hydrogens is 376 g/mol. The molecule has 28 heavy (non-hydrogen) atoms. The summed E-state index contributed by atoms with van der Waals surface area (Å²) in [6, 6.07) is 7.57. The SMILES string of the molecule is CC(O)(CCn1cccn1)c1ccc2c(c1)CN(C(=O)c1cscn1)CCO2. The van der Waals surface area contributed by atoms with E-state index in [4.69, 9.17) is 4.74 Å². The lowest BCUT2D eigenvalue weighted by Gasteiger charge is -2.25. The molecule has 1 amide bonds. The van der Waals surface area contributed by atoms with Crippen LogP contribution < -0.4 is 4.74 Å². The molecule has 0 fully saturated rings. The van der Waals surface area contributed by atoms with Crippen LogP contribution in [0.25, 0.3) is 0 Å². The average molecular weight is 398 g/mol. The van der Waals surface area contributed by atoms with E-state index in [1.54, 1.807) is 33.6 Å². The van der Waals surface area contributed by atoms with E-state index < -0.39 is 5.60 Å². The number of hydrogen-bond acceptors (Lipinski definition) is 6. The minimum atomic E-state index is -1.02. The van der Waals surface area contributed by atoms with Crippen molar-refractivity contribution in [3.8, 4) is 5.75 Å². The summed E-state index contributed by atoms with van der Waals surface area (Å²) in [4.78, 5) is 18.6. The maximum absolute atomic E-state index is 12.7. The third-order valence-electron chi connectivity index (χ3n) is 4.99. The summed E-state index contributed by atoms with van der Waals surface area (Å²) < 4.78 is 7.63. The van der Waals surface area contributed by atoms with Crippen molar-refractivity contribution < 1.29 is 14.6 Å². The van der Waals surface area contributed by atoms with Crippen molar-refractivity contribution >= 4 is 17.2 Å². The summed E-state index contributed by atoms with van der Waals surface area (Å²) in [5.74, 6) is 0.647. The molecule has 8 heteroatoms. The van der Waals surface area contributed by atoms with Crippen LogP contribution in [0.15, 0.2) is 47.5 Å². The fourth-order valence-electron chi connectivity index (χ4n) is 3.29. The van der Waals surface area contributed by atoms with Gasteiger partial charge in [-0.15, -0.1) is 11.3 Å². The molecule has 0 aliphatic carbocycles. The van der Waals surface area contributed by atoms with E-state index in [-0.39, 0.29) is 5.91 Å². The third-order valence-corrected chi connectivity index (χ3v) is 5.57. The van der Waals surface area contributed by atoms with Crippen molar-refractivity contribution in [1.82, 2.24) is 19.7 Å². The van der Waals surface area contributed by atoms with E-state index in [1.165, 1.54) is 11.3 Å². The van der Waals surface area contributed by atoms with Gasteiger partial charge in [-0.05, 0) is 37.1 Å². The fraction of sp³-hybridized carbons (Fsp3) is 0.350. The number of aromatic nitrogens is 3. The highest BCUT2D eigenvalue weighted by Gasteiger charge is 2.27. The molecule has 4 rings (SSSR count). The van der Waals surface area contributed by atoms with Crippen LogP contribution in [-0.4, -0.2) is 43.8 Å². The Balaban J connectivity index is 1.54. The number of fused-ring (bicyclic) bond motifs is 1. The fourth-order valence-corrected chi connectivity index (χ4v) is 3.82. The van der Waals surface area contributed by atoms with E-state index >= 15 is 0 Å². The van der Waals surface area contributed by atoms with Gasteiger partial charge in [0.2, 0.25) is 0 Å². The zero-order chi connectivity index (χ0) is 19.6. The minimum absolute atomic E-state index is 0.103. The van der Waals surface area contributed by atoms with Crippen LogP contribution in [0.3, 0.4) is 0 Å². The van der Waals surface area contributed by atoms with E-state index in [1.807, 2.05) is 30.5 Å². The normalized spacial score (nSPS) is 16.0. The summed E-state index contributed by atoms with van der Waals surface area (Å²) in [7, 11) is 0. The van der Waals surface area contributed by atoms with Crippen molar-refractivity contribution in [2.45, 2.75) is 32.0 Å². The standard InChI is InChI=1S/C20H22N4O3S/c1-20(26,5-8-24-7-2-6-22-24)16-3-4-18-15(11-16)12-23(9-10-27-18)19(25)17-13-28-14-21-17/h2-4,6-7,11,13-14,26H,5,8-10,12H2,1H3. The Labute approximate surface area is 167 Å².